The third-order valence-electron chi connectivity index (χ3n) is 6.48. The Balaban J connectivity index is 1.93. The SMILES string of the molecule is CCCCN(CCCC)c1nc(Nc2ccc(C(C)(C)C)cc2)nc(Nc2ccc(C(C)(C)C)cc2)n1. The highest BCUT2D eigenvalue weighted by atomic mass is 15.3. The van der Waals surface area contributed by atoms with Gasteiger partial charge in [-0.15, -0.1) is 0 Å². The molecule has 0 unspecified atom stereocenters. The number of hydrogen-bond donors (Lipinski definition) is 2. The van der Waals surface area contributed by atoms with Gasteiger partial charge in [-0.1, -0.05) is 92.5 Å². The molecule has 37 heavy (non-hydrogen) atoms. The lowest BCUT2D eigenvalue weighted by Gasteiger charge is -2.23. The zero-order chi connectivity index (χ0) is 27.1. The van der Waals surface area contributed by atoms with Gasteiger partial charge in [-0.05, 0) is 59.1 Å². The molecule has 0 saturated carbocycles. The van der Waals surface area contributed by atoms with Crippen LogP contribution in [0.3, 0.4) is 0 Å². The fourth-order valence-corrected chi connectivity index (χ4v) is 3.99. The first-order chi connectivity index (χ1) is 17.5. The maximum absolute atomic E-state index is 4.85. The van der Waals surface area contributed by atoms with Crippen molar-refractivity contribution < 1.29 is 0 Å². The molecule has 3 rings (SSSR count). The number of aromatic nitrogens is 3. The molecule has 0 atom stereocenters. The van der Waals surface area contributed by atoms with E-state index < -0.39 is 0 Å². The number of nitrogens with one attached hydrogen (secondary N) is 2. The third-order valence-corrected chi connectivity index (χ3v) is 6.48. The number of benzene rings is 2. The molecule has 1 aromatic heterocycles. The molecule has 200 valence electrons. The Kier molecular flexibility index (Phi) is 9.52. The van der Waals surface area contributed by atoms with Crippen LogP contribution in [0.5, 0.6) is 0 Å². The van der Waals surface area contributed by atoms with E-state index in [1.165, 1.54) is 11.1 Å². The van der Waals surface area contributed by atoms with E-state index in [9.17, 15) is 0 Å². The van der Waals surface area contributed by atoms with Gasteiger partial charge in [0.2, 0.25) is 17.8 Å². The van der Waals surface area contributed by atoms with E-state index in [1.807, 2.05) is 0 Å². The van der Waals surface area contributed by atoms with Crippen molar-refractivity contribution >= 4 is 29.2 Å². The number of nitrogens with zero attached hydrogens (tertiary/aromatic N) is 4. The van der Waals surface area contributed by atoms with Crippen LogP contribution in [-0.2, 0) is 10.8 Å². The molecule has 0 radical (unpaired) electrons. The van der Waals surface area contributed by atoms with E-state index >= 15 is 0 Å². The molecule has 0 aliphatic rings. The largest absolute Gasteiger partial charge is 0.341 e. The van der Waals surface area contributed by atoms with Crippen LogP contribution in [0.1, 0.15) is 92.2 Å². The van der Waals surface area contributed by atoms with Gasteiger partial charge in [0.05, 0.1) is 0 Å². The van der Waals surface area contributed by atoms with Crippen molar-refractivity contribution in [1.29, 1.82) is 0 Å². The summed E-state index contributed by atoms with van der Waals surface area (Å²) in [6.07, 6.45) is 4.46. The van der Waals surface area contributed by atoms with E-state index in [0.29, 0.717) is 17.8 Å². The van der Waals surface area contributed by atoms with Crippen molar-refractivity contribution in [3.05, 3.63) is 59.7 Å². The van der Waals surface area contributed by atoms with E-state index in [1.54, 1.807) is 0 Å². The number of rotatable bonds is 11. The van der Waals surface area contributed by atoms with Crippen molar-refractivity contribution in [3.8, 4) is 0 Å². The zero-order valence-corrected chi connectivity index (χ0v) is 24.2. The summed E-state index contributed by atoms with van der Waals surface area (Å²) in [6.45, 7) is 19.6. The van der Waals surface area contributed by atoms with Crippen molar-refractivity contribution in [3.63, 3.8) is 0 Å². The minimum absolute atomic E-state index is 0.109. The maximum Gasteiger partial charge on any atom is 0.233 e. The van der Waals surface area contributed by atoms with Crippen LogP contribution in [0, 0.1) is 0 Å². The van der Waals surface area contributed by atoms with Crippen LogP contribution >= 0.6 is 0 Å². The molecule has 0 fully saturated rings. The minimum Gasteiger partial charge on any atom is -0.341 e. The Hall–Kier alpha value is -3.15. The van der Waals surface area contributed by atoms with Crippen LogP contribution < -0.4 is 15.5 Å². The predicted molar refractivity (Wildman–Crippen MR) is 159 cm³/mol. The summed E-state index contributed by atoms with van der Waals surface area (Å²) in [5.41, 5.74) is 4.72. The van der Waals surface area contributed by atoms with Gasteiger partial charge in [-0.25, -0.2) is 0 Å². The van der Waals surface area contributed by atoms with Crippen LogP contribution in [0.25, 0.3) is 0 Å². The molecule has 6 nitrogen and oxygen atoms in total. The lowest BCUT2D eigenvalue weighted by Crippen LogP contribution is -2.28. The van der Waals surface area contributed by atoms with Crippen molar-refractivity contribution in [2.45, 2.75) is 91.9 Å². The molecule has 2 N–H and O–H groups in total. The van der Waals surface area contributed by atoms with Crippen molar-refractivity contribution in [2.75, 3.05) is 28.6 Å². The van der Waals surface area contributed by atoms with Gasteiger partial charge in [-0.3, -0.25) is 0 Å². The number of anilines is 5. The van der Waals surface area contributed by atoms with Crippen LogP contribution in [0.2, 0.25) is 0 Å². The maximum atomic E-state index is 4.85. The van der Waals surface area contributed by atoms with Crippen LogP contribution in [0.15, 0.2) is 48.5 Å². The van der Waals surface area contributed by atoms with E-state index in [2.05, 4.69) is 119 Å². The van der Waals surface area contributed by atoms with Gasteiger partial charge >= 0.3 is 0 Å². The van der Waals surface area contributed by atoms with Gasteiger partial charge in [0.1, 0.15) is 0 Å². The molecule has 0 amide bonds. The first-order valence-corrected chi connectivity index (χ1v) is 13.8. The first-order valence-electron chi connectivity index (χ1n) is 13.8. The summed E-state index contributed by atoms with van der Waals surface area (Å²) in [5, 5.41) is 6.83. The molecule has 0 aliphatic heterocycles. The van der Waals surface area contributed by atoms with E-state index in [4.69, 9.17) is 15.0 Å². The monoisotopic (exact) mass is 502 g/mol. The predicted octanol–water partition coefficient (Wildman–Crippen LogP) is 8.36. The van der Waals surface area contributed by atoms with Gasteiger partial charge in [-0.2, -0.15) is 15.0 Å². The molecule has 2 aromatic carbocycles. The summed E-state index contributed by atoms with van der Waals surface area (Å²) in [6, 6.07) is 17.0. The van der Waals surface area contributed by atoms with Gasteiger partial charge in [0.15, 0.2) is 0 Å². The molecule has 0 aliphatic carbocycles. The second-order valence-corrected chi connectivity index (χ2v) is 11.9. The number of hydrogen-bond acceptors (Lipinski definition) is 6. The Morgan fingerprint density at radius 2 is 0.973 bits per heavy atom. The summed E-state index contributed by atoms with van der Waals surface area (Å²) in [5.74, 6) is 1.79. The average molecular weight is 503 g/mol. The fraction of sp³-hybridized carbons (Fsp3) is 0.516. The molecule has 0 bridgehead atoms. The summed E-state index contributed by atoms with van der Waals surface area (Å²) in [4.78, 5) is 16.7. The topological polar surface area (TPSA) is 66.0 Å². The van der Waals surface area contributed by atoms with Crippen molar-refractivity contribution in [1.82, 2.24) is 15.0 Å². The normalized spacial score (nSPS) is 11.9. The van der Waals surface area contributed by atoms with Crippen LogP contribution in [0.4, 0.5) is 29.2 Å². The fourth-order valence-electron chi connectivity index (χ4n) is 3.99. The van der Waals surface area contributed by atoms with E-state index in [-0.39, 0.29) is 10.8 Å². The molecule has 0 spiro atoms. The third kappa shape index (κ3) is 8.44. The van der Waals surface area contributed by atoms with E-state index in [0.717, 1.165) is 50.1 Å². The lowest BCUT2D eigenvalue weighted by molar-refractivity contribution is 0.590. The highest BCUT2D eigenvalue weighted by molar-refractivity contribution is 5.60. The summed E-state index contributed by atoms with van der Waals surface area (Å²) >= 11 is 0. The quantitative estimate of drug-likeness (QED) is 0.275. The molecular weight excluding hydrogens is 456 g/mol. The minimum atomic E-state index is 0.109. The lowest BCUT2D eigenvalue weighted by atomic mass is 9.87. The second kappa shape index (κ2) is 12.4. The van der Waals surface area contributed by atoms with Crippen LogP contribution in [-0.4, -0.2) is 28.0 Å². The summed E-state index contributed by atoms with van der Waals surface area (Å²) in [7, 11) is 0. The highest BCUT2D eigenvalue weighted by Gasteiger charge is 2.17. The molecule has 3 aromatic rings. The Morgan fingerprint density at radius 3 is 1.30 bits per heavy atom. The molecule has 6 heteroatoms. The molecule has 1 heterocycles. The smallest absolute Gasteiger partial charge is 0.233 e. The van der Waals surface area contributed by atoms with Gasteiger partial charge in [0.25, 0.3) is 0 Å². The van der Waals surface area contributed by atoms with Crippen molar-refractivity contribution in [2.24, 2.45) is 0 Å². The average Bonchev–Trinajstić information content (AvgIpc) is 2.83. The zero-order valence-electron chi connectivity index (χ0n) is 24.2. The molecule has 0 saturated heterocycles. The van der Waals surface area contributed by atoms with Gasteiger partial charge in [0, 0.05) is 24.5 Å². The first kappa shape index (κ1) is 28.4. The van der Waals surface area contributed by atoms with Gasteiger partial charge < -0.3 is 15.5 Å². The Labute approximate surface area is 224 Å². The second-order valence-electron chi connectivity index (χ2n) is 11.9. The Morgan fingerprint density at radius 1 is 0.595 bits per heavy atom. The molecular formula is C31H46N6. The number of unbranched alkanes of at least 4 members (excludes halogenated alkanes) is 2. The summed E-state index contributed by atoms with van der Waals surface area (Å²) < 4.78 is 0. The standard InChI is InChI=1S/C31H46N6/c1-9-11-21-37(22-12-10-2)29-35-27(32-25-17-13-23(14-18-25)30(3,4)5)34-28(36-29)33-26-19-15-24(16-20-26)31(6,7)8/h13-20H,9-12,21-22H2,1-8H3,(H2,32,33,34,35,36). The Bertz CT molecular complexity index is 1020. The highest BCUT2D eigenvalue weighted by Crippen LogP contribution is 2.27.